The Morgan fingerprint density at radius 2 is 1.43 bits per heavy atom. The quantitative estimate of drug-likeness (QED) is 0.482. The molecule has 1 aromatic heterocycles. The van der Waals surface area contributed by atoms with Gasteiger partial charge in [-0.05, 0) is 63.0 Å². The molecule has 2 atom stereocenters. The fourth-order valence-electron chi connectivity index (χ4n) is 3.48. The molecule has 23 heavy (non-hydrogen) atoms. The van der Waals surface area contributed by atoms with Crippen LogP contribution in [0.2, 0.25) is 0 Å². The summed E-state index contributed by atoms with van der Waals surface area (Å²) in [6, 6.07) is 0.799. The van der Waals surface area contributed by atoms with E-state index in [9.17, 15) is 0 Å². The van der Waals surface area contributed by atoms with Gasteiger partial charge in [0.25, 0.3) is 0 Å². The lowest BCUT2D eigenvalue weighted by Crippen LogP contribution is -2.41. The maximum atomic E-state index is 8.76. The van der Waals surface area contributed by atoms with Gasteiger partial charge in [0.05, 0.1) is 0 Å². The summed E-state index contributed by atoms with van der Waals surface area (Å²) in [5.41, 5.74) is 8.76. The first-order valence-corrected chi connectivity index (χ1v) is 8.53. The van der Waals surface area contributed by atoms with Crippen molar-refractivity contribution in [1.82, 2.24) is 15.0 Å². The van der Waals surface area contributed by atoms with E-state index in [1.54, 1.807) is 0 Å². The Labute approximate surface area is 136 Å². The molecule has 3 rings (SSSR count). The van der Waals surface area contributed by atoms with Gasteiger partial charge < -0.3 is 9.80 Å². The highest BCUT2D eigenvalue weighted by Gasteiger charge is 2.25. The van der Waals surface area contributed by atoms with Crippen molar-refractivity contribution in [3.05, 3.63) is 10.4 Å². The first kappa shape index (κ1) is 15.8. The van der Waals surface area contributed by atoms with Crippen molar-refractivity contribution >= 4 is 17.8 Å². The molecular weight excluding hydrogens is 292 g/mol. The zero-order chi connectivity index (χ0) is 16.2. The summed E-state index contributed by atoms with van der Waals surface area (Å²) in [6.07, 6.45) is 7.03. The average molecular weight is 316 g/mol. The summed E-state index contributed by atoms with van der Waals surface area (Å²) < 4.78 is 0. The predicted molar refractivity (Wildman–Crippen MR) is 90.0 cm³/mol. The normalized spacial score (nSPS) is 25.1. The SMILES string of the molecule is CC1CCCCN1c1nc(N=[N+]=[N-])nc(N2CCCCC2C)n1. The Balaban J connectivity index is 1.97. The van der Waals surface area contributed by atoms with E-state index in [-0.39, 0.29) is 5.95 Å². The van der Waals surface area contributed by atoms with E-state index in [0.29, 0.717) is 24.0 Å². The van der Waals surface area contributed by atoms with E-state index < -0.39 is 0 Å². The third-order valence-electron chi connectivity index (χ3n) is 4.85. The number of azide groups is 1. The first-order chi connectivity index (χ1) is 11.2. The largest absolute Gasteiger partial charge is 0.338 e. The molecule has 8 heteroatoms. The van der Waals surface area contributed by atoms with Crippen molar-refractivity contribution in [2.45, 2.75) is 64.5 Å². The average Bonchev–Trinajstić information content (AvgIpc) is 2.56. The molecule has 0 amide bonds. The molecule has 2 aliphatic heterocycles. The van der Waals surface area contributed by atoms with Crippen LogP contribution in [-0.4, -0.2) is 40.1 Å². The zero-order valence-electron chi connectivity index (χ0n) is 13.9. The minimum atomic E-state index is 0.169. The van der Waals surface area contributed by atoms with Crippen molar-refractivity contribution in [2.75, 3.05) is 22.9 Å². The van der Waals surface area contributed by atoms with Gasteiger partial charge in [-0.2, -0.15) is 15.0 Å². The first-order valence-electron chi connectivity index (χ1n) is 8.53. The molecule has 1 aromatic rings. The Morgan fingerprint density at radius 3 is 1.87 bits per heavy atom. The molecule has 3 heterocycles. The summed E-state index contributed by atoms with van der Waals surface area (Å²) in [7, 11) is 0. The number of hydrogen-bond acceptors (Lipinski definition) is 6. The molecule has 0 aromatic carbocycles. The molecule has 0 saturated carbocycles. The molecule has 124 valence electrons. The van der Waals surface area contributed by atoms with Crippen LogP contribution in [0.15, 0.2) is 5.11 Å². The number of anilines is 2. The standard InChI is InChI=1S/C15H24N8/c1-11-7-3-5-9-22(11)14-17-13(20-21-16)18-15(19-14)23-10-6-4-8-12(23)2/h11-12H,3-10H2,1-2H3. The molecule has 2 fully saturated rings. The summed E-state index contributed by atoms with van der Waals surface area (Å²) >= 11 is 0. The zero-order valence-corrected chi connectivity index (χ0v) is 13.9. The van der Waals surface area contributed by atoms with E-state index in [0.717, 1.165) is 38.8 Å². The maximum Gasteiger partial charge on any atom is 0.230 e. The lowest BCUT2D eigenvalue weighted by molar-refractivity contribution is 0.467. The Bertz CT molecular complexity index is 557. The Kier molecular flexibility index (Phi) is 4.81. The molecule has 0 radical (unpaired) electrons. The van der Waals surface area contributed by atoms with Crippen LogP contribution in [-0.2, 0) is 0 Å². The van der Waals surface area contributed by atoms with Crippen molar-refractivity contribution in [3.63, 3.8) is 0 Å². The second-order valence-corrected chi connectivity index (χ2v) is 6.50. The molecule has 0 N–H and O–H groups in total. The van der Waals surface area contributed by atoms with Crippen LogP contribution < -0.4 is 9.80 Å². The van der Waals surface area contributed by atoms with Gasteiger partial charge in [-0.3, -0.25) is 0 Å². The highest BCUT2D eigenvalue weighted by atomic mass is 15.4. The van der Waals surface area contributed by atoms with Crippen LogP contribution in [0.1, 0.15) is 52.4 Å². The van der Waals surface area contributed by atoms with E-state index in [2.05, 4.69) is 43.6 Å². The number of hydrogen-bond donors (Lipinski definition) is 0. The van der Waals surface area contributed by atoms with E-state index >= 15 is 0 Å². The summed E-state index contributed by atoms with van der Waals surface area (Å²) in [5, 5.41) is 3.63. The van der Waals surface area contributed by atoms with Crippen molar-refractivity contribution < 1.29 is 0 Å². The molecule has 2 aliphatic rings. The number of aromatic nitrogens is 3. The molecule has 2 saturated heterocycles. The highest BCUT2D eigenvalue weighted by molar-refractivity contribution is 5.45. The molecule has 0 aliphatic carbocycles. The van der Waals surface area contributed by atoms with Crippen LogP contribution >= 0.6 is 0 Å². The molecule has 8 nitrogen and oxygen atoms in total. The van der Waals surface area contributed by atoms with Crippen LogP contribution in [0.4, 0.5) is 17.8 Å². The minimum absolute atomic E-state index is 0.169. The van der Waals surface area contributed by atoms with Crippen LogP contribution in [0.25, 0.3) is 10.4 Å². The van der Waals surface area contributed by atoms with Gasteiger partial charge in [-0.25, -0.2) is 0 Å². The van der Waals surface area contributed by atoms with Gasteiger partial charge >= 0.3 is 0 Å². The Morgan fingerprint density at radius 1 is 0.913 bits per heavy atom. The fraction of sp³-hybridized carbons (Fsp3) is 0.800. The van der Waals surface area contributed by atoms with Gasteiger partial charge in [0, 0.05) is 30.1 Å². The van der Waals surface area contributed by atoms with Crippen LogP contribution in [0, 0.1) is 0 Å². The van der Waals surface area contributed by atoms with Crippen LogP contribution in [0.3, 0.4) is 0 Å². The monoisotopic (exact) mass is 316 g/mol. The molecule has 0 spiro atoms. The molecular formula is C15H24N8. The second-order valence-electron chi connectivity index (χ2n) is 6.50. The van der Waals surface area contributed by atoms with Crippen molar-refractivity contribution in [1.29, 1.82) is 0 Å². The van der Waals surface area contributed by atoms with Gasteiger partial charge in [0.15, 0.2) is 0 Å². The lowest BCUT2D eigenvalue weighted by atomic mass is 10.0. The lowest BCUT2D eigenvalue weighted by Gasteiger charge is -2.36. The molecule has 2 unspecified atom stereocenters. The van der Waals surface area contributed by atoms with Crippen molar-refractivity contribution in [2.24, 2.45) is 5.11 Å². The number of rotatable bonds is 3. The van der Waals surface area contributed by atoms with E-state index in [1.165, 1.54) is 12.8 Å². The van der Waals surface area contributed by atoms with Gasteiger partial charge in [0.2, 0.25) is 17.8 Å². The fourth-order valence-corrected chi connectivity index (χ4v) is 3.48. The van der Waals surface area contributed by atoms with E-state index in [4.69, 9.17) is 10.5 Å². The highest BCUT2D eigenvalue weighted by Crippen LogP contribution is 2.27. The summed E-state index contributed by atoms with van der Waals surface area (Å²) in [6.45, 7) is 6.27. The van der Waals surface area contributed by atoms with Gasteiger partial charge in [0.1, 0.15) is 0 Å². The van der Waals surface area contributed by atoms with Gasteiger partial charge in [-0.15, -0.1) is 0 Å². The molecule has 0 bridgehead atoms. The second kappa shape index (κ2) is 7.00. The minimum Gasteiger partial charge on any atom is -0.338 e. The Hall–Kier alpha value is -2.08. The summed E-state index contributed by atoms with van der Waals surface area (Å²) in [4.78, 5) is 20.7. The van der Waals surface area contributed by atoms with Crippen LogP contribution in [0.5, 0.6) is 0 Å². The summed E-state index contributed by atoms with van der Waals surface area (Å²) in [5.74, 6) is 1.45. The van der Waals surface area contributed by atoms with Gasteiger partial charge in [-0.1, -0.05) is 0 Å². The topological polar surface area (TPSA) is 93.9 Å². The third-order valence-corrected chi connectivity index (χ3v) is 4.85. The maximum absolute atomic E-state index is 8.76. The smallest absolute Gasteiger partial charge is 0.230 e. The third kappa shape index (κ3) is 3.47. The number of piperidine rings is 2. The van der Waals surface area contributed by atoms with Crippen molar-refractivity contribution in [3.8, 4) is 0 Å². The predicted octanol–water partition coefficient (Wildman–Crippen LogP) is 3.57. The van der Waals surface area contributed by atoms with E-state index in [1.807, 2.05) is 0 Å². The number of nitrogens with zero attached hydrogens (tertiary/aromatic N) is 8.